The minimum absolute atomic E-state index is 0.344. The largest absolute Gasteiger partial charge is 0.397 e. The monoisotopic (exact) mass is 286 g/mol. The first-order valence-corrected chi connectivity index (χ1v) is 8.56. The van der Waals surface area contributed by atoms with Crippen LogP contribution >= 0.6 is 11.3 Å². The molecule has 0 spiro atoms. The van der Waals surface area contributed by atoms with Crippen molar-refractivity contribution in [2.75, 3.05) is 5.73 Å². The van der Waals surface area contributed by atoms with Gasteiger partial charge in [0.2, 0.25) is 0 Å². The maximum Gasteiger partial charge on any atom is 0.128 e. The summed E-state index contributed by atoms with van der Waals surface area (Å²) < 4.78 is 0. The Morgan fingerprint density at radius 2 is 1.90 bits per heavy atom. The summed E-state index contributed by atoms with van der Waals surface area (Å²) in [4.78, 5) is 2.19. The maximum absolute atomic E-state index is 9.27. The topological polar surface area (TPSA) is 49.8 Å². The summed E-state index contributed by atoms with van der Waals surface area (Å²) in [6.45, 7) is 4.62. The van der Waals surface area contributed by atoms with Gasteiger partial charge in [-0.25, -0.2) is 0 Å². The Hall–Kier alpha value is -1.01. The first kappa shape index (κ1) is 12.7. The third-order valence-corrected chi connectivity index (χ3v) is 7.59. The molecule has 1 heterocycles. The van der Waals surface area contributed by atoms with Crippen LogP contribution in [-0.2, 0) is 5.41 Å². The Morgan fingerprint density at radius 1 is 1.25 bits per heavy atom. The van der Waals surface area contributed by atoms with Crippen molar-refractivity contribution in [3.05, 3.63) is 15.3 Å². The van der Waals surface area contributed by atoms with Crippen LogP contribution in [0.1, 0.15) is 60.8 Å². The molecule has 4 fully saturated rings. The predicted molar refractivity (Wildman–Crippen MR) is 82.7 cm³/mol. The smallest absolute Gasteiger partial charge is 0.128 e. The fourth-order valence-electron chi connectivity index (χ4n) is 6.10. The van der Waals surface area contributed by atoms with Gasteiger partial charge in [0.25, 0.3) is 0 Å². The van der Waals surface area contributed by atoms with E-state index in [0.717, 1.165) is 22.4 Å². The zero-order chi connectivity index (χ0) is 14.1. The first-order valence-electron chi connectivity index (χ1n) is 7.74. The van der Waals surface area contributed by atoms with Gasteiger partial charge in [0.05, 0.1) is 5.69 Å². The van der Waals surface area contributed by atoms with E-state index in [9.17, 15) is 5.26 Å². The van der Waals surface area contributed by atoms with Gasteiger partial charge in [-0.2, -0.15) is 5.26 Å². The molecule has 20 heavy (non-hydrogen) atoms. The van der Waals surface area contributed by atoms with E-state index in [1.165, 1.54) is 49.0 Å². The quantitative estimate of drug-likeness (QED) is 0.833. The molecule has 3 heteroatoms. The highest BCUT2D eigenvalue weighted by Crippen LogP contribution is 2.66. The first-order chi connectivity index (χ1) is 9.45. The SMILES string of the molecule is Cc1c(C23CC4CC(CC(C)(C4)C2)C3)sc(C#N)c1N. The van der Waals surface area contributed by atoms with Gasteiger partial charge in [0.15, 0.2) is 0 Å². The Bertz CT molecular complexity index is 608. The van der Waals surface area contributed by atoms with Gasteiger partial charge in [-0.1, -0.05) is 6.92 Å². The molecule has 2 nitrogen and oxygen atoms in total. The average Bonchev–Trinajstić information content (AvgIpc) is 2.63. The Kier molecular flexibility index (Phi) is 2.41. The summed E-state index contributed by atoms with van der Waals surface area (Å²) in [5, 5.41) is 9.27. The fourth-order valence-corrected chi connectivity index (χ4v) is 7.33. The van der Waals surface area contributed by atoms with Crippen molar-refractivity contribution in [2.24, 2.45) is 17.3 Å². The van der Waals surface area contributed by atoms with Crippen LogP contribution in [0.2, 0.25) is 0 Å². The highest BCUT2D eigenvalue weighted by atomic mass is 32.1. The summed E-state index contributed by atoms with van der Waals surface area (Å²) in [5.41, 5.74) is 8.99. The van der Waals surface area contributed by atoms with Crippen molar-refractivity contribution in [1.29, 1.82) is 5.26 Å². The summed E-state index contributed by atoms with van der Waals surface area (Å²) in [7, 11) is 0. The number of nitrogen functional groups attached to an aromatic ring is 1. The van der Waals surface area contributed by atoms with E-state index in [4.69, 9.17) is 5.73 Å². The number of thiophene rings is 1. The molecule has 2 atom stereocenters. The normalized spacial score (nSPS) is 41.9. The van der Waals surface area contributed by atoms with Crippen LogP contribution in [0.4, 0.5) is 5.69 Å². The minimum atomic E-state index is 0.344. The second kappa shape index (κ2) is 3.80. The molecule has 0 radical (unpaired) electrons. The van der Waals surface area contributed by atoms with E-state index in [0.29, 0.717) is 10.8 Å². The van der Waals surface area contributed by atoms with Gasteiger partial charge in [0, 0.05) is 10.3 Å². The van der Waals surface area contributed by atoms with Crippen LogP contribution in [0.3, 0.4) is 0 Å². The molecule has 0 saturated heterocycles. The summed E-state index contributed by atoms with van der Waals surface area (Å²) >= 11 is 1.69. The van der Waals surface area contributed by atoms with Gasteiger partial charge < -0.3 is 5.73 Å². The van der Waals surface area contributed by atoms with Crippen LogP contribution < -0.4 is 5.73 Å². The molecule has 0 aliphatic heterocycles. The van der Waals surface area contributed by atoms with Crippen molar-refractivity contribution in [3.63, 3.8) is 0 Å². The molecule has 0 aromatic carbocycles. The third-order valence-electron chi connectivity index (χ3n) is 6.13. The van der Waals surface area contributed by atoms with Crippen LogP contribution in [0, 0.1) is 35.5 Å². The van der Waals surface area contributed by atoms with Crippen molar-refractivity contribution >= 4 is 17.0 Å². The van der Waals surface area contributed by atoms with Crippen molar-refractivity contribution in [3.8, 4) is 6.07 Å². The molecule has 4 aliphatic rings. The summed E-state index contributed by atoms with van der Waals surface area (Å²) in [5.74, 6) is 1.82. The van der Waals surface area contributed by atoms with E-state index >= 15 is 0 Å². The number of hydrogen-bond donors (Lipinski definition) is 1. The van der Waals surface area contributed by atoms with Crippen molar-refractivity contribution < 1.29 is 0 Å². The predicted octanol–water partition coefficient (Wildman–Crippen LogP) is 4.37. The lowest BCUT2D eigenvalue weighted by Crippen LogP contribution is -2.52. The van der Waals surface area contributed by atoms with E-state index in [-0.39, 0.29) is 0 Å². The number of nitriles is 1. The summed E-state index contributed by atoms with van der Waals surface area (Å²) in [6, 6.07) is 2.29. The van der Waals surface area contributed by atoms with E-state index in [2.05, 4.69) is 19.9 Å². The number of hydrogen-bond acceptors (Lipinski definition) is 3. The zero-order valence-electron chi connectivity index (χ0n) is 12.3. The lowest BCUT2D eigenvalue weighted by molar-refractivity contribution is -0.0603. The molecule has 2 unspecified atom stereocenters. The minimum Gasteiger partial charge on any atom is -0.397 e. The molecular weight excluding hydrogens is 264 g/mol. The molecule has 4 aliphatic carbocycles. The average molecular weight is 286 g/mol. The molecule has 4 bridgehead atoms. The fraction of sp³-hybridized carbons (Fsp3) is 0.706. The molecule has 1 aromatic heterocycles. The van der Waals surface area contributed by atoms with Gasteiger partial charge in [-0.3, -0.25) is 0 Å². The van der Waals surface area contributed by atoms with Gasteiger partial charge >= 0.3 is 0 Å². The van der Waals surface area contributed by atoms with Crippen LogP contribution in [0.25, 0.3) is 0 Å². The maximum atomic E-state index is 9.27. The van der Waals surface area contributed by atoms with Crippen molar-refractivity contribution in [1.82, 2.24) is 0 Å². The molecule has 4 saturated carbocycles. The lowest BCUT2D eigenvalue weighted by Gasteiger charge is -2.61. The number of rotatable bonds is 1. The highest BCUT2D eigenvalue weighted by molar-refractivity contribution is 7.13. The Morgan fingerprint density at radius 3 is 2.40 bits per heavy atom. The second-order valence-corrected chi connectivity index (χ2v) is 8.98. The van der Waals surface area contributed by atoms with Gasteiger partial charge in [-0.05, 0) is 68.3 Å². The Balaban J connectivity index is 1.84. The second-order valence-electron chi connectivity index (χ2n) is 7.96. The van der Waals surface area contributed by atoms with Gasteiger partial charge in [0.1, 0.15) is 10.9 Å². The van der Waals surface area contributed by atoms with E-state index in [1.54, 1.807) is 11.3 Å². The standard InChI is InChI=1S/C17H22N2S/c1-10-14(19)13(8-18)20-15(10)17-6-11-3-12(7-17)5-16(2,4-11)9-17/h11-12H,3-7,9,19H2,1-2H3. The highest BCUT2D eigenvalue weighted by Gasteiger charge is 2.57. The Labute approximate surface area is 125 Å². The number of nitrogens with two attached hydrogens (primary N) is 1. The molecule has 1 aromatic rings. The van der Waals surface area contributed by atoms with Crippen LogP contribution in [-0.4, -0.2) is 0 Å². The van der Waals surface area contributed by atoms with Crippen LogP contribution in [0.5, 0.6) is 0 Å². The summed E-state index contributed by atoms with van der Waals surface area (Å²) in [6.07, 6.45) is 8.29. The van der Waals surface area contributed by atoms with E-state index < -0.39 is 0 Å². The number of nitrogens with zero attached hydrogens (tertiary/aromatic N) is 1. The number of anilines is 1. The zero-order valence-corrected chi connectivity index (χ0v) is 13.1. The third kappa shape index (κ3) is 1.55. The molecule has 106 valence electrons. The molecule has 2 N–H and O–H groups in total. The van der Waals surface area contributed by atoms with Crippen LogP contribution in [0.15, 0.2) is 0 Å². The lowest BCUT2D eigenvalue weighted by atomic mass is 9.44. The van der Waals surface area contributed by atoms with Gasteiger partial charge in [-0.15, -0.1) is 11.3 Å². The molecular formula is C17H22N2S. The molecule has 5 rings (SSSR count). The molecule has 0 amide bonds. The van der Waals surface area contributed by atoms with E-state index in [1.807, 2.05) is 0 Å². The van der Waals surface area contributed by atoms with Crippen molar-refractivity contribution in [2.45, 2.75) is 57.8 Å².